The minimum absolute atomic E-state index is 0.128. The van der Waals surface area contributed by atoms with Crippen molar-refractivity contribution >= 4 is 17.6 Å². The van der Waals surface area contributed by atoms with Crippen LogP contribution in [-0.4, -0.2) is 33.7 Å². The third-order valence-electron chi connectivity index (χ3n) is 2.66. The monoisotopic (exact) mass is 288 g/mol. The van der Waals surface area contributed by atoms with E-state index in [-0.39, 0.29) is 18.5 Å². The molecule has 0 spiro atoms. The van der Waals surface area contributed by atoms with E-state index in [0.717, 1.165) is 0 Å². The number of carbonyl (C=O) groups excluding carboxylic acids is 2. The van der Waals surface area contributed by atoms with Crippen molar-refractivity contribution in [3.8, 4) is 0 Å². The second-order valence-electron chi connectivity index (χ2n) is 4.33. The van der Waals surface area contributed by atoms with Crippen LogP contribution >= 0.6 is 0 Å². The Labute approximate surface area is 121 Å². The molecule has 1 unspecified atom stereocenters. The third-order valence-corrected chi connectivity index (χ3v) is 2.66. The molecule has 1 atom stereocenters. The molecule has 0 aliphatic carbocycles. The minimum atomic E-state index is -0.441. The van der Waals surface area contributed by atoms with Crippen LogP contribution in [-0.2, 0) is 4.79 Å². The fourth-order valence-electron chi connectivity index (χ4n) is 1.64. The van der Waals surface area contributed by atoms with Crippen LogP contribution in [0.5, 0.6) is 0 Å². The first-order chi connectivity index (χ1) is 10.1. The Morgan fingerprint density at radius 3 is 2.71 bits per heavy atom. The van der Waals surface area contributed by atoms with E-state index in [1.807, 2.05) is 6.07 Å². The average molecular weight is 288 g/mol. The van der Waals surface area contributed by atoms with Crippen LogP contribution in [0.1, 0.15) is 18.8 Å². The van der Waals surface area contributed by atoms with Gasteiger partial charge in [0.25, 0.3) is 0 Å². The number of hydrogen-bond acceptors (Lipinski definition) is 4. The number of nitrogens with one attached hydrogen (secondary N) is 4. The standard InChI is InChI=1S/C13H16N6O2/c1-9(12-15-8-16-19-12)17-11(20)7-14-13(21)18-10-5-3-2-4-6-10/h2-6,8-9H,7H2,1H3,(H,17,20)(H2,14,18,21)(H,15,16,19). The lowest BCUT2D eigenvalue weighted by Crippen LogP contribution is -2.39. The zero-order valence-corrected chi connectivity index (χ0v) is 11.5. The van der Waals surface area contributed by atoms with Crippen LogP contribution in [0, 0.1) is 0 Å². The van der Waals surface area contributed by atoms with Gasteiger partial charge in [0, 0.05) is 5.69 Å². The summed E-state index contributed by atoms with van der Waals surface area (Å²) in [5.41, 5.74) is 0.658. The number of nitrogens with zero attached hydrogens (tertiary/aromatic N) is 2. The Balaban J connectivity index is 1.72. The molecule has 110 valence electrons. The van der Waals surface area contributed by atoms with Gasteiger partial charge in [-0.15, -0.1) is 0 Å². The molecule has 1 heterocycles. The lowest BCUT2D eigenvalue weighted by molar-refractivity contribution is -0.120. The van der Waals surface area contributed by atoms with Gasteiger partial charge in [-0.1, -0.05) is 18.2 Å². The number of urea groups is 1. The number of hydrogen-bond donors (Lipinski definition) is 4. The highest BCUT2D eigenvalue weighted by molar-refractivity contribution is 5.92. The fourth-order valence-corrected chi connectivity index (χ4v) is 1.64. The van der Waals surface area contributed by atoms with Gasteiger partial charge < -0.3 is 16.0 Å². The Bertz CT molecular complexity index is 584. The molecule has 4 N–H and O–H groups in total. The Morgan fingerprint density at radius 2 is 2.05 bits per heavy atom. The van der Waals surface area contributed by atoms with Gasteiger partial charge in [-0.05, 0) is 19.1 Å². The molecule has 8 heteroatoms. The number of benzene rings is 1. The number of rotatable bonds is 5. The maximum absolute atomic E-state index is 11.7. The topological polar surface area (TPSA) is 112 Å². The van der Waals surface area contributed by atoms with E-state index < -0.39 is 6.03 Å². The molecule has 0 aliphatic rings. The second-order valence-corrected chi connectivity index (χ2v) is 4.33. The maximum atomic E-state index is 11.7. The molecule has 1 aromatic carbocycles. The van der Waals surface area contributed by atoms with Gasteiger partial charge in [-0.25, -0.2) is 9.78 Å². The van der Waals surface area contributed by atoms with E-state index in [0.29, 0.717) is 11.5 Å². The number of aromatic nitrogens is 3. The van der Waals surface area contributed by atoms with E-state index in [4.69, 9.17) is 0 Å². The van der Waals surface area contributed by atoms with Gasteiger partial charge in [-0.2, -0.15) is 5.10 Å². The minimum Gasteiger partial charge on any atom is -0.345 e. The first kappa shape index (κ1) is 14.5. The average Bonchev–Trinajstić information content (AvgIpc) is 3.00. The molecule has 2 rings (SSSR count). The van der Waals surface area contributed by atoms with Gasteiger partial charge in [0.05, 0.1) is 12.6 Å². The first-order valence-corrected chi connectivity index (χ1v) is 6.39. The fraction of sp³-hybridized carbons (Fsp3) is 0.231. The summed E-state index contributed by atoms with van der Waals surface area (Å²) in [5.74, 6) is 0.235. The molecule has 3 amide bonds. The van der Waals surface area contributed by atoms with E-state index in [2.05, 4.69) is 31.1 Å². The highest BCUT2D eigenvalue weighted by Crippen LogP contribution is 2.04. The van der Waals surface area contributed by atoms with Gasteiger partial charge in [0.1, 0.15) is 12.2 Å². The zero-order valence-electron chi connectivity index (χ0n) is 11.5. The Kier molecular flexibility index (Phi) is 4.86. The summed E-state index contributed by atoms with van der Waals surface area (Å²) in [5, 5.41) is 14.1. The molecule has 0 fully saturated rings. The van der Waals surface area contributed by atoms with E-state index >= 15 is 0 Å². The second kappa shape index (κ2) is 7.04. The van der Waals surface area contributed by atoms with Crippen LogP contribution in [0.2, 0.25) is 0 Å². The van der Waals surface area contributed by atoms with E-state index in [1.165, 1.54) is 6.33 Å². The van der Waals surface area contributed by atoms with Crippen molar-refractivity contribution in [2.45, 2.75) is 13.0 Å². The Hall–Kier alpha value is -2.90. The summed E-state index contributed by atoms with van der Waals surface area (Å²) in [4.78, 5) is 27.2. The van der Waals surface area contributed by atoms with Gasteiger partial charge in [-0.3, -0.25) is 9.89 Å². The summed E-state index contributed by atoms with van der Waals surface area (Å²) >= 11 is 0. The van der Waals surface area contributed by atoms with Crippen molar-refractivity contribution in [1.82, 2.24) is 25.8 Å². The van der Waals surface area contributed by atoms with Crippen LogP contribution in [0.15, 0.2) is 36.7 Å². The molecule has 0 radical (unpaired) electrons. The molecule has 0 saturated heterocycles. The van der Waals surface area contributed by atoms with E-state index in [1.54, 1.807) is 31.2 Å². The van der Waals surface area contributed by atoms with Crippen LogP contribution in [0.25, 0.3) is 0 Å². The number of H-pyrrole nitrogens is 1. The highest BCUT2D eigenvalue weighted by Gasteiger charge is 2.12. The molecular formula is C13H16N6O2. The maximum Gasteiger partial charge on any atom is 0.319 e. The van der Waals surface area contributed by atoms with Crippen LogP contribution < -0.4 is 16.0 Å². The van der Waals surface area contributed by atoms with Crippen LogP contribution in [0.3, 0.4) is 0 Å². The number of anilines is 1. The van der Waals surface area contributed by atoms with Crippen molar-refractivity contribution in [2.24, 2.45) is 0 Å². The predicted octanol–water partition coefficient (Wildman–Crippen LogP) is 0.804. The smallest absolute Gasteiger partial charge is 0.319 e. The SMILES string of the molecule is CC(NC(=O)CNC(=O)Nc1ccccc1)c1ncn[nH]1. The third kappa shape index (κ3) is 4.60. The molecule has 8 nitrogen and oxygen atoms in total. The summed E-state index contributed by atoms with van der Waals surface area (Å²) in [6.07, 6.45) is 1.36. The predicted molar refractivity (Wildman–Crippen MR) is 76.4 cm³/mol. The quantitative estimate of drug-likeness (QED) is 0.652. The van der Waals surface area contributed by atoms with Gasteiger partial charge in [0.15, 0.2) is 0 Å². The molecule has 1 aromatic heterocycles. The summed E-state index contributed by atoms with van der Waals surface area (Å²) in [7, 11) is 0. The van der Waals surface area contributed by atoms with Crippen molar-refractivity contribution in [1.29, 1.82) is 0 Å². The van der Waals surface area contributed by atoms with Crippen molar-refractivity contribution in [3.05, 3.63) is 42.5 Å². The highest BCUT2D eigenvalue weighted by atomic mass is 16.2. The number of amides is 3. The number of para-hydroxylation sites is 1. The summed E-state index contributed by atoms with van der Waals surface area (Å²) < 4.78 is 0. The lowest BCUT2D eigenvalue weighted by Gasteiger charge is -2.12. The first-order valence-electron chi connectivity index (χ1n) is 6.39. The summed E-state index contributed by atoms with van der Waals surface area (Å²) in [6, 6.07) is 8.23. The van der Waals surface area contributed by atoms with Crippen molar-refractivity contribution < 1.29 is 9.59 Å². The molecular weight excluding hydrogens is 272 g/mol. The zero-order chi connectivity index (χ0) is 15.1. The molecule has 21 heavy (non-hydrogen) atoms. The van der Waals surface area contributed by atoms with Crippen molar-refractivity contribution in [3.63, 3.8) is 0 Å². The van der Waals surface area contributed by atoms with Gasteiger partial charge in [0.2, 0.25) is 5.91 Å². The lowest BCUT2D eigenvalue weighted by atomic mass is 10.3. The molecule has 0 bridgehead atoms. The van der Waals surface area contributed by atoms with E-state index in [9.17, 15) is 9.59 Å². The number of aromatic amines is 1. The largest absolute Gasteiger partial charge is 0.345 e. The summed E-state index contributed by atoms with van der Waals surface area (Å²) in [6.45, 7) is 1.64. The normalized spacial score (nSPS) is 11.5. The van der Waals surface area contributed by atoms with Crippen LogP contribution in [0.4, 0.5) is 10.5 Å². The molecule has 0 aliphatic heterocycles. The van der Waals surface area contributed by atoms with Gasteiger partial charge >= 0.3 is 6.03 Å². The van der Waals surface area contributed by atoms with Crippen molar-refractivity contribution in [2.75, 3.05) is 11.9 Å². The molecule has 0 saturated carbocycles. The molecule has 2 aromatic rings. The number of carbonyl (C=O) groups is 2. The Morgan fingerprint density at radius 1 is 1.29 bits per heavy atom.